The summed E-state index contributed by atoms with van der Waals surface area (Å²) in [7, 11) is 1.54. The van der Waals surface area contributed by atoms with Crippen LogP contribution >= 0.6 is 15.9 Å². The number of carbonyl (C=O) groups is 1. The van der Waals surface area contributed by atoms with Crippen LogP contribution in [0.1, 0.15) is 42.1 Å². The van der Waals surface area contributed by atoms with Gasteiger partial charge in [0.15, 0.2) is 5.58 Å². The van der Waals surface area contributed by atoms with Crippen molar-refractivity contribution in [2.45, 2.75) is 26.2 Å². The van der Waals surface area contributed by atoms with E-state index in [2.05, 4.69) is 52.2 Å². The third kappa shape index (κ3) is 4.49. The van der Waals surface area contributed by atoms with Gasteiger partial charge in [-0.25, -0.2) is 4.98 Å². The molecule has 1 atom stereocenters. The maximum absolute atomic E-state index is 12.8. The number of amides is 1. The van der Waals surface area contributed by atoms with Crippen molar-refractivity contribution in [3.05, 3.63) is 76.3 Å². The molecule has 158 valence electrons. The van der Waals surface area contributed by atoms with Crippen molar-refractivity contribution in [3.8, 4) is 17.2 Å². The van der Waals surface area contributed by atoms with Crippen LogP contribution in [0.5, 0.6) is 5.75 Å². The first kappa shape index (κ1) is 21.1. The predicted octanol–water partition coefficient (Wildman–Crippen LogP) is 7.03. The fraction of sp³-hybridized carbons (Fsp3) is 0.200. The Hall–Kier alpha value is -3.12. The van der Waals surface area contributed by atoms with E-state index in [1.54, 1.807) is 19.2 Å². The van der Waals surface area contributed by atoms with Crippen LogP contribution in [0.25, 0.3) is 22.6 Å². The van der Waals surface area contributed by atoms with E-state index < -0.39 is 0 Å². The number of nitrogens with zero attached hydrogens (tertiary/aromatic N) is 1. The van der Waals surface area contributed by atoms with Gasteiger partial charge in [-0.3, -0.25) is 4.79 Å². The lowest BCUT2D eigenvalue weighted by Crippen LogP contribution is -2.13. The number of rotatable bonds is 6. The smallest absolute Gasteiger partial charge is 0.259 e. The van der Waals surface area contributed by atoms with Gasteiger partial charge in [-0.2, -0.15) is 0 Å². The zero-order valence-corrected chi connectivity index (χ0v) is 19.2. The van der Waals surface area contributed by atoms with Gasteiger partial charge in [0, 0.05) is 15.7 Å². The number of nitrogens with one attached hydrogen (secondary N) is 1. The number of carbonyl (C=O) groups excluding carboxylic acids is 1. The largest absolute Gasteiger partial charge is 0.496 e. The number of halogens is 1. The molecule has 31 heavy (non-hydrogen) atoms. The van der Waals surface area contributed by atoms with Gasteiger partial charge in [-0.15, -0.1) is 0 Å². The Kier molecular flexibility index (Phi) is 6.09. The van der Waals surface area contributed by atoms with E-state index in [9.17, 15) is 4.79 Å². The molecule has 0 saturated heterocycles. The molecule has 0 spiro atoms. The molecule has 1 amide bonds. The van der Waals surface area contributed by atoms with Crippen LogP contribution in [0, 0.1) is 0 Å². The predicted molar refractivity (Wildman–Crippen MR) is 127 cm³/mol. The highest BCUT2D eigenvalue weighted by Crippen LogP contribution is 2.30. The number of anilines is 1. The standard InChI is InChI=1S/C25H23BrN2O3/c1-4-15(2)16-8-10-23-21(13-16)28-25(31-23)17-6-5-7-19(12-17)27-24(29)20-14-18(26)9-11-22(20)30-3/h5-15H,4H2,1-3H3,(H,27,29). The second-order valence-corrected chi connectivity index (χ2v) is 8.35. The molecular formula is C25H23BrN2O3. The van der Waals surface area contributed by atoms with Crippen molar-refractivity contribution in [2.75, 3.05) is 12.4 Å². The van der Waals surface area contributed by atoms with E-state index in [-0.39, 0.29) is 5.91 Å². The van der Waals surface area contributed by atoms with Crippen molar-refractivity contribution >= 4 is 38.6 Å². The van der Waals surface area contributed by atoms with Crippen molar-refractivity contribution in [1.29, 1.82) is 0 Å². The summed E-state index contributed by atoms with van der Waals surface area (Å²) in [4.78, 5) is 17.5. The highest BCUT2D eigenvalue weighted by atomic mass is 79.9. The van der Waals surface area contributed by atoms with Crippen LogP contribution in [0.4, 0.5) is 5.69 Å². The maximum Gasteiger partial charge on any atom is 0.259 e. The topological polar surface area (TPSA) is 64.4 Å². The summed E-state index contributed by atoms with van der Waals surface area (Å²) in [6.07, 6.45) is 1.07. The van der Waals surface area contributed by atoms with Gasteiger partial charge < -0.3 is 14.5 Å². The minimum Gasteiger partial charge on any atom is -0.496 e. The molecule has 4 rings (SSSR count). The Labute approximate surface area is 189 Å². The van der Waals surface area contributed by atoms with E-state index in [0.29, 0.717) is 28.8 Å². The number of fused-ring (bicyclic) bond motifs is 1. The summed E-state index contributed by atoms with van der Waals surface area (Å²) < 4.78 is 12.1. The molecule has 3 aromatic carbocycles. The molecular weight excluding hydrogens is 456 g/mol. The van der Waals surface area contributed by atoms with Crippen molar-refractivity contribution < 1.29 is 13.9 Å². The van der Waals surface area contributed by atoms with E-state index >= 15 is 0 Å². The second kappa shape index (κ2) is 8.94. The van der Waals surface area contributed by atoms with Crippen molar-refractivity contribution in [3.63, 3.8) is 0 Å². The van der Waals surface area contributed by atoms with E-state index in [4.69, 9.17) is 9.15 Å². The Morgan fingerprint density at radius 1 is 1.16 bits per heavy atom. The quantitative estimate of drug-likeness (QED) is 0.322. The van der Waals surface area contributed by atoms with Crippen LogP contribution in [0.2, 0.25) is 0 Å². The summed E-state index contributed by atoms with van der Waals surface area (Å²) in [5.74, 6) is 1.24. The Morgan fingerprint density at radius 3 is 2.77 bits per heavy atom. The van der Waals surface area contributed by atoms with Crippen LogP contribution in [0.3, 0.4) is 0 Å². The van der Waals surface area contributed by atoms with Gasteiger partial charge in [-0.1, -0.05) is 41.9 Å². The number of hydrogen-bond donors (Lipinski definition) is 1. The average Bonchev–Trinajstić information content (AvgIpc) is 3.22. The van der Waals surface area contributed by atoms with E-state index in [1.165, 1.54) is 5.56 Å². The molecule has 0 aliphatic rings. The van der Waals surface area contributed by atoms with Crippen LogP contribution in [-0.4, -0.2) is 18.0 Å². The highest BCUT2D eigenvalue weighted by molar-refractivity contribution is 9.10. The van der Waals surface area contributed by atoms with Crippen LogP contribution in [0.15, 0.2) is 69.6 Å². The van der Waals surface area contributed by atoms with Crippen molar-refractivity contribution in [1.82, 2.24) is 4.98 Å². The summed E-state index contributed by atoms with van der Waals surface area (Å²) in [6.45, 7) is 4.38. The molecule has 0 aliphatic carbocycles. The summed E-state index contributed by atoms with van der Waals surface area (Å²) in [5.41, 5.74) is 4.71. The van der Waals surface area contributed by atoms with Gasteiger partial charge in [0.2, 0.25) is 5.89 Å². The van der Waals surface area contributed by atoms with Crippen LogP contribution in [-0.2, 0) is 0 Å². The molecule has 0 aliphatic heterocycles. The van der Waals surface area contributed by atoms with Gasteiger partial charge in [0.25, 0.3) is 5.91 Å². The molecule has 1 unspecified atom stereocenters. The molecule has 6 heteroatoms. The van der Waals surface area contributed by atoms with Crippen LogP contribution < -0.4 is 10.1 Å². The first-order valence-corrected chi connectivity index (χ1v) is 10.9. The minimum absolute atomic E-state index is 0.258. The molecule has 1 heterocycles. The van der Waals surface area contributed by atoms with Crippen molar-refractivity contribution in [2.24, 2.45) is 0 Å². The average molecular weight is 479 g/mol. The monoisotopic (exact) mass is 478 g/mol. The Morgan fingerprint density at radius 2 is 2.00 bits per heavy atom. The lowest BCUT2D eigenvalue weighted by molar-refractivity contribution is 0.102. The third-order valence-corrected chi connectivity index (χ3v) is 5.86. The zero-order chi connectivity index (χ0) is 22.0. The summed E-state index contributed by atoms with van der Waals surface area (Å²) >= 11 is 3.40. The van der Waals surface area contributed by atoms with E-state index in [0.717, 1.165) is 27.6 Å². The number of oxazole rings is 1. The molecule has 1 N–H and O–H groups in total. The molecule has 0 radical (unpaired) electrons. The first-order valence-electron chi connectivity index (χ1n) is 10.1. The Bertz CT molecular complexity index is 1250. The fourth-order valence-electron chi connectivity index (χ4n) is 3.40. The van der Waals surface area contributed by atoms with Gasteiger partial charge in [0.05, 0.1) is 12.7 Å². The number of methoxy groups -OCH3 is 1. The third-order valence-electron chi connectivity index (χ3n) is 5.37. The summed E-state index contributed by atoms with van der Waals surface area (Å²) in [5, 5.41) is 2.93. The molecule has 0 fully saturated rings. The highest BCUT2D eigenvalue weighted by Gasteiger charge is 2.15. The number of ether oxygens (including phenoxy) is 1. The van der Waals surface area contributed by atoms with Gasteiger partial charge in [-0.05, 0) is 66.4 Å². The molecule has 0 saturated carbocycles. The lowest BCUT2D eigenvalue weighted by Gasteiger charge is -2.10. The first-order chi connectivity index (χ1) is 15.0. The fourth-order valence-corrected chi connectivity index (χ4v) is 3.76. The number of hydrogen-bond acceptors (Lipinski definition) is 4. The molecule has 0 bridgehead atoms. The summed E-state index contributed by atoms with van der Waals surface area (Å²) in [6, 6.07) is 18.9. The molecule has 1 aromatic heterocycles. The number of benzene rings is 3. The van der Waals surface area contributed by atoms with Gasteiger partial charge in [0.1, 0.15) is 11.3 Å². The Balaban J connectivity index is 1.61. The number of aromatic nitrogens is 1. The van der Waals surface area contributed by atoms with E-state index in [1.807, 2.05) is 36.4 Å². The SMILES string of the molecule is CCC(C)c1ccc2oc(-c3cccc(NC(=O)c4cc(Br)ccc4OC)c3)nc2c1. The zero-order valence-electron chi connectivity index (χ0n) is 17.6. The molecule has 5 nitrogen and oxygen atoms in total. The maximum atomic E-state index is 12.8. The minimum atomic E-state index is -0.258. The van der Waals surface area contributed by atoms with Gasteiger partial charge >= 0.3 is 0 Å². The molecule has 4 aromatic rings. The normalized spacial score (nSPS) is 12.0. The lowest BCUT2D eigenvalue weighted by atomic mass is 9.98. The second-order valence-electron chi connectivity index (χ2n) is 7.44.